The number of benzene rings is 1. The second-order valence-corrected chi connectivity index (χ2v) is 50.7. The Bertz CT molecular complexity index is 2730. The van der Waals surface area contributed by atoms with Gasteiger partial charge in [-0.3, -0.25) is 0 Å². The Hall–Kier alpha value is -1.78. The second kappa shape index (κ2) is 71.8. The molecule has 0 aromatic heterocycles. The molecule has 3 saturated carbocycles. The third-order valence-electron chi connectivity index (χ3n) is 21.4. The highest BCUT2D eigenvalue weighted by Crippen LogP contribution is 2.30. The Morgan fingerprint density at radius 3 is 1.04 bits per heavy atom. The normalized spacial score (nSPS) is 22.8. The van der Waals surface area contributed by atoms with Crippen LogP contribution in [0.15, 0.2) is 30.3 Å². The molecular formula is C114H225N3O22. The van der Waals surface area contributed by atoms with Crippen LogP contribution in [0.4, 0.5) is 0 Å². The number of nitrogens with zero attached hydrogens (tertiary/aromatic N) is 1. The number of likely N-dealkylation sites (N-methyl/N-ethyl adjacent to an activating group) is 1. The quantitative estimate of drug-likeness (QED) is 0.0743. The first-order chi connectivity index (χ1) is 64.3. The van der Waals surface area contributed by atoms with Crippen molar-refractivity contribution in [2.45, 2.75) is 487 Å². The Morgan fingerprint density at radius 1 is 0.281 bits per heavy atom. The molecule has 0 amide bonds. The van der Waals surface area contributed by atoms with Crippen molar-refractivity contribution >= 4 is 0 Å². The molecule has 8 aliphatic heterocycles. The Kier molecular flexibility index (Phi) is 69.9. The second-order valence-electron chi connectivity index (χ2n) is 50.7. The minimum Gasteiger partial charge on any atom is -0.379 e. The summed E-state index contributed by atoms with van der Waals surface area (Å²) < 4.78 is 121. The lowest BCUT2D eigenvalue weighted by molar-refractivity contribution is -0.176. The first-order valence-electron chi connectivity index (χ1n) is 54.2. The van der Waals surface area contributed by atoms with E-state index in [9.17, 15) is 0 Å². The molecule has 8 saturated heterocycles. The number of morpholine rings is 2. The molecule has 2 N–H and O–H groups in total. The summed E-state index contributed by atoms with van der Waals surface area (Å²) in [6, 6.07) is 10.2. The largest absolute Gasteiger partial charge is 0.379 e. The van der Waals surface area contributed by atoms with Gasteiger partial charge in [0.1, 0.15) is 12.2 Å². The first-order valence-corrected chi connectivity index (χ1v) is 54.2. The van der Waals surface area contributed by atoms with E-state index in [1.165, 1.54) is 102 Å². The molecule has 7 atom stereocenters. The summed E-state index contributed by atoms with van der Waals surface area (Å²) in [5.41, 5.74) is 0.946. The first kappa shape index (κ1) is 135. The lowest BCUT2D eigenvalue weighted by Crippen LogP contribution is -2.43. The van der Waals surface area contributed by atoms with Crippen LogP contribution in [0.25, 0.3) is 0 Å². The van der Waals surface area contributed by atoms with Crippen molar-refractivity contribution in [2.75, 3.05) is 198 Å². The van der Waals surface area contributed by atoms with Gasteiger partial charge in [-0.2, -0.15) is 0 Å². The maximum atomic E-state index is 5.77. The molecule has 8 heterocycles. The van der Waals surface area contributed by atoms with Crippen LogP contribution in [0.5, 0.6) is 0 Å². The van der Waals surface area contributed by atoms with E-state index in [-0.39, 0.29) is 85.5 Å². The van der Waals surface area contributed by atoms with Gasteiger partial charge in [0.2, 0.25) is 0 Å². The highest BCUT2D eigenvalue weighted by atomic mass is 16.6. The van der Waals surface area contributed by atoms with Gasteiger partial charge >= 0.3 is 0 Å². The highest BCUT2D eigenvalue weighted by molar-refractivity contribution is 5.13. The molecule has 25 nitrogen and oxygen atoms in total. The zero-order valence-electron chi connectivity index (χ0n) is 97.1. The van der Waals surface area contributed by atoms with Gasteiger partial charge in [-0.1, -0.05) is 49.6 Å². The molecule has 1 aromatic carbocycles. The summed E-state index contributed by atoms with van der Waals surface area (Å²) in [4.78, 5) is 2.28. The molecule has 11 aliphatic rings. The van der Waals surface area contributed by atoms with Gasteiger partial charge in [0.05, 0.1) is 236 Å². The molecule has 0 radical (unpaired) electrons. The van der Waals surface area contributed by atoms with Gasteiger partial charge < -0.3 is 120 Å². The zero-order chi connectivity index (χ0) is 105. The predicted molar refractivity (Wildman–Crippen MR) is 570 cm³/mol. The Morgan fingerprint density at radius 2 is 0.669 bits per heavy atom. The van der Waals surface area contributed by atoms with E-state index in [0.29, 0.717) is 76.8 Å². The number of hydrogen-bond donors (Lipinski definition) is 2. The summed E-state index contributed by atoms with van der Waals surface area (Å²) >= 11 is 0. The van der Waals surface area contributed by atoms with Crippen molar-refractivity contribution in [3.8, 4) is 0 Å². The van der Waals surface area contributed by atoms with Crippen molar-refractivity contribution in [2.24, 2.45) is 17.8 Å². The summed E-state index contributed by atoms with van der Waals surface area (Å²) in [7, 11) is 2.12. The smallest absolute Gasteiger partial charge is 0.105 e. The predicted octanol–water partition coefficient (Wildman–Crippen LogP) is 23.1. The molecule has 12 rings (SSSR count). The summed E-state index contributed by atoms with van der Waals surface area (Å²) in [6.07, 6.45) is 25.8. The molecule has 25 heteroatoms. The fourth-order valence-corrected chi connectivity index (χ4v) is 13.4. The molecule has 0 bridgehead atoms. The van der Waals surface area contributed by atoms with Crippen LogP contribution in [0.3, 0.4) is 0 Å². The van der Waals surface area contributed by atoms with Crippen molar-refractivity contribution in [1.82, 2.24) is 15.5 Å². The topological polar surface area (TPSA) is 230 Å². The lowest BCUT2D eigenvalue weighted by Gasteiger charge is -2.32. The van der Waals surface area contributed by atoms with Gasteiger partial charge in [-0.15, -0.1) is 0 Å². The summed E-state index contributed by atoms with van der Waals surface area (Å²) in [5.74, 6) is 2.45. The van der Waals surface area contributed by atoms with Crippen LogP contribution in [-0.2, 0) is 111 Å². The van der Waals surface area contributed by atoms with Crippen LogP contribution in [0.1, 0.15) is 370 Å². The average molecular weight is 1990 g/mol. The van der Waals surface area contributed by atoms with Crippen LogP contribution in [-0.4, -0.2) is 319 Å². The molecule has 828 valence electrons. The third-order valence-corrected chi connectivity index (χ3v) is 21.4. The Balaban J connectivity index is 0.000000759. The van der Waals surface area contributed by atoms with Gasteiger partial charge in [-0.25, -0.2) is 0 Å². The van der Waals surface area contributed by atoms with E-state index in [1.54, 1.807) is 0 Å². The fraction of sp³-hybridized carbons (Fsp3) is 0.947. The van der Waals surface area contributed by atoms with Gasteiger partial charge in [0.25, 0.3) is 0 Å². The zero-order valence-corrected chi connectivity index (χ0v) is 97.1. The molecular weight excluding hydrogens is 1760 g/mol. The van der Waals surface area contributed by atoms with Crippen LogP contribution in [0, 0.1) is 17.8 Å². The Labute approximate surface area is 854 Å². The van der Waals surface area contributed by atoms with E-state index in [1.807, 2.05) is 39.0 Å². The van der Waals surface area contributed by atoms with E-state index >= 15 is 0 Å². The van der Waals surface area contributed by atoms with Gasteiger partial charge in [0.15, 0.2) is 0 Å². The van der Waals surface area contributed by atoms with E-state index < -0.39 is 0 Å². The molecule has 1 aromatic rings. The average Bonchev–Trinajstić information content (AvgIpc) is 1.88. The van der Waals surface area contributed by atoms with Crippen molar-refractivity contribution in [3.63, 3.8) is 0 Å². The summed E-state index contributed by atoms with van der Waals surface area (Å²) in [6.45, 7) is 99.6. The molecule has 0 spiro atoms. The molecule has 139 heavy (non-hydrogen) atoms. The highest BCUT2D eigenvalue weighted by Gasteiger charge is 2.30. The minimum absolute atomic E-state index is 0.00551. The van der Waals surface area contributed by atoms with E-state index in [4.69, 9.17) is 104 Å². The SMILES string of the molecule is CC(C)(C)OC1COC1.CC(C)(C)OCC1CCCCC1.CC(C)(C)OCC1CCCCO1.CC(C)(C)OCC1CCCCO1.CC(C)(C)OCC1CCCO1.CC(C)(C)OCC1CCNC1.CC(C)(C)OCC1COCCO1.CC(C)(C)OCCOC1CC1.CC(C)(C)OCCOCC1CC1.CC(C)(C)OC[C@@H]1CNCCO1.CC(C)(C)OCc1ccccc1.CN1CCOC(COC(C)(C)C)C1. The third kappa shape index (κ3) is 98.0. The van der Waals surface area contributed by atoms with Crippen molar-refractivity contribution in [3.05, 3.63) is 35.9 Å². The fourth-order valence-electron chi connectivity index (χ4n) is 13.4. The standard InChI is InChI=1S/C11H22O.C11H16O.C10H21NO2.3C10H20O2.C9H19NO2.C9H19NO.C9H18O3.2C9H18O2.C7H14O2/c2*1-11(2,3)12-9-10-7-5-4-6-8-10;1-10(2,3)13-8-9-7-11(4)5-6-12-9;1-10(2,3)12-7-6-11-8-9-4-5-9;2*1-10(2,3)12-8-9-6-4-5-7-11-9;1-9(2,3)12-7-8-6-10-4-5-11-8;1-9(2,3)11-7-8-4-5-10-6-8;1-9(2,3)12-7-8-6-10-4-5-11-8;1-9(2,3)11-7-6-10-8-4-5-8;1-9(2,3)11-7-8-5-4-6-10-8;1-7(2,3)9-6-4-8-5-6/h10H,4-9H2,1-3H3;4-8H,9H2,1-3H3;9H,5-8H2,1-4H3;3*9H,4-8H2,1-3H3;8,10H,4-7H2,1-3H3;8,10H,4-7H2,1-3H3;8H,4-7H2,1-3H3;2*8H,4-7H2,1-3H3;6H,4-5H2,1-3H3/t;;;;;;8-;;;;;/m......0...../s1. The van der Waals surface area contributed by atoms with Crippen molar-refractivity contribution in [1.29, 1.82) is 0 Å². The van der Waals surface area contributed by atoms with Crippen LogP contribution in [0.2, 0.25) is 0 Å². The minimum atomic E-state index is -0.0825. The lowest BCUT2D eigenvalue weighted by atomic mass is 9.90. The molecule has 11 fully saturated rings. The number of hydrogen-bond acceptors (Lipinski definition) is 25. The maximum absolute atomic E-state index is 5.77. The number of rotatable bonds is 28. The van der Waals surface area contributed by atoms with E-state index in [0.717, 1.165) is 189 Å². The number of ether oxygens (including phenoxy) is 22. The van der Waals surface area contributed by atoms with Gasteiger partial charge in [-0.05, 0) is 382 Å². The summed E-state index contributed by atoms with van der Waals surface area (Å²) in [5, 5.41) is 6.59. The van der Waals surface area contributed by atoms with Crippen LogP contribution >= 0.6 is 0 Å². The molecule has 6 unspecified atom stereocenters. The van der Waals surface area contributed by atoms with Gasteiger partial charge in [0, 0.05) is 59.2 Å². The van der Waals surface area contributed by atoms with E-state index in [2.05, 4.69) is 263 Å². The van der Waals surface area contributed by atoms with Crippen LogP contribution < -0.4 is 10.6 Å². The monoisotopic (exact) mass is 1990 g/mol. The maximum Gasteiger partial charge on any atom is 0.105 e. The number of nitrogens with one attached hydrogen (secondary N) is 2. The molecule has 3 aliphatic carbocycles. The van der Waals surface area contributed by atoms with Crippen molar-refractivity contribution < 1.29 is 104 Å².